The number of nitrogens with zero attached hydrogens (tertiary/aromatic N) is 2. The van der Waals surface area contributed by atoms with E-state index < -0.39 is 0 Å². The molecule has 0 aliphatic carbocycles. The molecule has 1 radical (unpaired) electrons. The molecule has 3 heterocycles. The van der Waals surface area contributed by atoms with Crippen LogP contribution in [0.15, 0.2) is 84.9 Å². The fourth-order valence-corrected chi connectivity index (χ4v) is 6.51. The van der Waals surface area contributed by atoms with Crippen LogP contribution in [0.2, 0.25) is 0 Å². The molecule has 0 fully saturated rings. The van der Waals surface area contributed by atoms with Crippen molar-refractivity contribution >= 4 is 38.1 Å². The number of rotatable bonds is 9. The first-order valence-electron chi connectivity index (χ1n) is 15.8. The van der Waals surface area contributed by atoms with E-state index in [1.165, 1.54) is 27.3 Å². The third-order valence-corrected chi connectivity index (χ3v) is 9.39. The Morgan fingerprint density at radius 2 is 1.58 bits per heavy atom. The summed E-state index contributed by atoms with van der Waals surface area (Å²) in [7, 11) is 0. The molecule has 2 aromatic carbocycles. The molecule has 4 nitrogen and oxygen atoms in total. The van der Waals surface area contributed by atoms with Crippen molar-refractivity contribution in [1.29, 1.82) is 0 Å². The summed E-state index contributed by atoms with van der Waals surface area (Å²) in [6.45, 7) is 14.8. The molecule has 0 aliphatic rings. The number of pyridine rings is 2. The summed E-state index contributed by atoms with van der Waals surface area (Å²) in [6, 6.07) is 24.9. The van der Waals surface area contributed by atoms with Gasteiger partial charge < -0.3 is 5.11 Å². The second kappa shape index (κ2) is 16.4. The molecule has 0 saturated carbocycles. The number of aromatic nitrogens is 2. The second-order valence-electron chi connectivity index (χ2n) is 12.3. The maximum Gasteiger partial charge on any atom is 0.162 e. The van der Waals surface area contributed by atoms with Gasteiger partial charge in [-0.05, 0) is 54.9 Å². The number of carbonyl (C=O) groups excluding carboxylic acids is 1. The van der Waals surface area contributed by atoms with Crippen LogP contribution in [0.4, 0.5) is 0 Å². The van der Waals surface area contributed by atoms with Gasteiger partial charge in [-0.25, -0.2) is 4.98 Å². The van der Waals surface area contributed by atoms with E-state index in [1.807, 2.05) is 46.2 Å². The van der Waals surface area contributed by atoms with Gasteiger partial charge in [0.2, 0.25) is 0 Å². The van der Waals surface area contributed by atoms with Crippen molar-refractivity contribution in [2.75, 3.05) is 0 Å². The van der Waals surface area contributed by atoms with Crippen molar-refractivity contribution in [3.8, 4) is 21.7 Å². The molecule has 5 rings (SSSR count). The van der Waals surface area contributed by atoms with Gasteiger partial charge in [0.1, 0.15) is 4.83 Å². The largest absolute Gasteiger partial charge is 0.512 e. The predicted octanol–water partition coefficient (Wildman–Crippen LogP) is 11.1. The van der Waals surface area contributed by atoms with Crippen molar-refractivity contribution in [2.45, 2.75) is 79.6 Å². The van der Waals surface area contributed by atoms with E-state index in [2.05, 4.69) is 91.4 Å². The molecule has 0 amide bonds. The van der Waals surface area contributed by atoms with Gasteiger partial charge in [-0.2, -0.15) is 0 Å². The fourth-order valence-electron chi connectivity index (χ4n) is 5.51. The number of hydrogen-bond donors (Lipinski definition) is 1. The molecule has 6 heteroatoms. The molecular weight excluding hydrogens is 753 g/mol. The molecule has 3 aromatic heterocycles. The van der Waals surface area contributed by atoms with Crippen molar-refractivity contribution in [1.82, 2.24) is 9.97 Å². The minimum Gasteiger partial charge on any atom is -0.512 e. The van der Waals surface area contributed by atoms with Crippen LogP contribution in [0.1, 0.15) is 79.7 Å². The molecule has 0 bridgehead atoms. The molecule has 5 aromatic rings. The fraction of sp³-hybridized carbons (Fsp3) is 0.359. The molecular formula is C39H45IrN2O2S-. The summed E-state index contributed by atoms with van der Waals surface area (Å²) in [5, 5.41) is 13.3. The van der Waals surface area contributed by atoms with Crippen LogP contribution in [0.25, 0.3) is 42.7 Å². The van der Waals surface area contributed by atoms with Gasteiger partial charge in [-0.15, -0.1) is 40.5 Å². The average molecular weight is 798 g/mol. The van der Waals surface area contributed by atoms with Gasteiger partial charge in [-0.1, -0.05) is 89.7 Å². The number of fused-ring (bicyclic) bond motifs is 2. The second-order valence-corrected chi connectivity index (χ2v) is 13.4. The number of thiophene rings is 1. The molecule has 45 heavy (non-hydrogen) atoms. The zero-order valence-corrected chi connectivity index (χ0v) is 30.7. The van der Waals surface area contributed by atoms with Crippen molar-refractivity contribution in [3.05, 3.63) is 96.5 Å². The first-order chi connectivity index (χ1) is 21.1. The van der Waals surface area contributed by atoms with Crippen LogP contribution in [0, 0.1) is 17.9 Å². The molecule has 239 valence electrons. The SMILES string of the molecule is CC(C)(C)c1cc(-c2cc(-c3cc4cccnc4s3)ccn2)[c-]c2ccccc12.CCC(CC)C(=O)/C=C(\O)C(CC)CC.[Ir]. The van der Waals surface area contributed by atoms with Gasteiger partial charge in [0.05, 0.1) is 5.76 Å². The van der Waals surface area contributed by atoms with Crippen LogP contribution in [-0.4, -0.2) is 20.9 Å². The van der Waals surface area contributed by atoms with Crippen LogP contribution in [0.5, 0.6) is 0 Å². The molecule has 0 saturated heterocycles. The van der Waals surface area contributed by atoms with E-state index in [-0.39, 0.29) is 48.9 Å². The Bertz CT molecular complexity index is 1710. The third-order valence-electron chi connectivity index (χ3n) is 8.28. The van der Waals surface area contributed by atoms with E-state index in [0.717, 1.165) is 52.7 Å². The Kier molecular flexibility index (Phi) is 13.2. The predicted molar refractivity (Wildman–Crippen MR) is 187 cm³/mol. The summed E-state index contributed by atoms with van der Waals surface area (Å²) >= 11 is 1.72. The van der Waals surface area contributed by atoms with Crippen molar-refractivity contribution < 1.29 is 30.0 Å². The van der Waals surface area contributed by atoms with Gasteiger partial charge >= 0.3 is 0 Å². The molecule has 0 aliphatic heterocycles. The zero-order valence-electron chi connectivity index (χ0n) is 27.5. The Hall–Kier alpha value is -3.18. The Morgan fingerprint density at radius 3 is 2.22 bits per heavy atom. The van der Waals surface area contributed by atoms with Crippen LogP contribution >= 0.6 is 11.3 Å². The quantitative estimate of drug-likeness (QED) is 0.0917. The summed E-state index contributed by atoms with van der Waals surface area (Å²) < 4.78 is 0. The number of aliphatic hydroxyl groups excluding tert-OH is 1. The first kappa shape index (κ1) is 36.3. The van der Waals surface area contributed by atoms with Gasteiger partial charge in [-0.3, -0.25) is 9.78 Å². The molecule has 0 spiro atoms. The Balaban J connectivity index is 0.000000297. The summed E-state index contributed by atoms with van der Waals surface area (Å²) in [6.07, 6.45) is 8.64. The smallest absolute Gasteiger partial charge is 0.162 e. The van der Waals surface area contributed by atoms with Crippen LogP contribution < -0.4 is 0 Å². The van der Waals surface area contributed by atoms with Crippen LogP contribution in [0.3, 0.4) is 0 Å². The number of benzene rings is 2. The monoisotopic (exact) mass is 798 g/mol. The maximum absolute atomic E-state index is 11.7. The van der Waals surface area contributed by atoms with Gasteiger partial charge in [0, 0.05) is 66.4 Å². The first-order valence-corrected chi connectivity index (χ1v) is 16.6. The van der Waals surface area contributed by atoms with Crippen molar-refractivity contribution in [3.63, 3.8) is 0 Å². The zero-order chi connectivity index (χ0) is 31.9. The van der Waals surface area contributed by atoms with E-state index in [4.69, 9.17) is 0 Å². The molecule has 1 N–H and O–H groups in total. The van der Waals surface area contributed by atoms with Gasteiger partial charge in [0.25, 0.3) is 0 Å². The standard InChI is InChI=1S/C26H21N2S.C13H24O2.Ir/c1-26(2,3)22-14-20(13-17-7-4-5-9-21(17)22)23-15-18(10-12-27-23)24-16-19-8-6-11-28-25(19)29-24;1-5-10(6-2)12(14)9-13(15)11(7-3)8-4;/h4-12,14-16H,1-3H3;9-11,14H,5-8H2,1-4H3;/q-1;;/b;12-9-;. The number of allylic oxidation sites excluding steroid dienone is 2. The number of aliphatic hydroxyl groups is 1. The normalized spacial score (nSPS) is 11.9. The Labute approximate surface area is 286 Å². The topological polar surface area (TPSA) is 63.1 Å². The summed E-state index contributed by atoms with van der Waals surface area (Å²) in [4.78, 5) is 23.1. The number of hydrogen-bond acceptors (Lipinski definition) is 5. The van der Waals surface area contributed by atoms with E-state index in [0.29, 0.717) is 0 Å². The minimum absolute atomic E-state index is 0. The molecule has 0 atom stereocenters. The Morgan fingerprint density at radius 1 is 0.889 bits per heavy atom. The average Bonchev–Trinajstić information content (AvgIpc) is 3.46. The number of carbonyl (C=O) groups is 1. The third kappa shape index (κ3) is 8.97. The summed E-state index contributed by atoms with van der Waals surface area (Å²) in [5.74, 6) is 0.547. The van der Waals surface area contributed by atoms with E-state index in [9.17, 15) is 9.90 Å². The van der Waals surface area contributed by atoms with Crippen molar-refractivity contribution in [2.24, 2.45) is 11.8 Å². The van der Waals surface area contributed by atoms with Gasteiger partial charge in [0.15, 0.2) is 5.78 Å². The maximum atomic E-state index is 11.7. The molecule has 0 unspecified atom stereocenters. The minimum atomic E-state index is 0. The van der Waals surface area contributed by atoms with E-state index in [1.54, 1.807) is 11.3 Å². The summed E-state index contributed by atoms with van der Waals surface area (Å²) in [5.41, 5.74) is 4.51. The van der Waals surface area contributed by atoms with E-state index >= 15 is 0 Å². The van der Waals surface area contributed by atoms with Crippen LogP contribution in [-0.2, 0) is 30.3 Å². The number of ketones is 1.